The minimum atomic E-state index is 0.0526. The van der Waals surface area contributed by atoms with Crippen molar-refractivity contribution in [1.82, 2.24) is 15.1 Å². The van der Waals surface area contributed by atoms with E-state index in [0.717, 1.165) is 65.0 Å². The molecule has 27 heavy (non-hydrogen) atoms. The van der Waals surface area contributed by atoms with Gasteiger partial charge in [-0.15, -0.1) is 0 Å². The average Bonchev–Trinajstić information content (AvgIpc) is 3.23. The number of nitrogens with one attached hydrogen (secondary N) is 1. The maximum Gasteiger partial charge on any atom is 0.317 e. The molecule has 2 saturated heterocycles. The molecule has 2 fully saturated rings. The van der Waals surface area contributed by atoms with Gasteiger partial charge in [0.2, 0.25) is 0 Å². The minimum absolute atomic E-state index is 0.0526. The van der Waals surface area contributed by atoms with Gasteiger partial charge in [-0.1, -0.05) is 30.3 Å². The molecule has 1 aromatic rings. The van der Waals surface area contributed by atoms with E-state index in [1.54, 1.807) is 0 Å². The van der Waals surface area contributed by atoms with Crippen molar-refractivity contribution in [3.63, 3.8) is 0 Å². The lowest BCUT2D eigenvalue weighted by Gasteiger charge is -2.34. The van der Waals surface area contributed by atoms with Gasteiger partial charge in [-0.05, 0) is 31.2 Å². The minimum Gasteiger partial charge on any atom is -0.379 e. The highest BCUT2D eigenvalue weighted by Crippen LogP contribution is 2.11. The summed E-state index contributed by atoms with van der Waals surface area (Å²) in [5.41, 5.74) is 1.37. The highest BCUT2D eigenvalue weighted by Gasteiger charge is 2.20. The smallest absolute Gasteiger partial charge is 0.317 e. The zero-order valence-corrected chi connectivity index (χ0v) is 16.3. The summed E-state index contributed by atoms with van der Waals surface area (Å²) in [5.74, 6) is 0. The number of rotatable bonds is 9. The standard InChI is InChI=1S/C21H33N3O3/c25-21(22-10-5-16-26-18-20-8-4-17-27-20)24-14-12-23(13-15-24)11-9-19-6-2-1-3-7-19/h1-3,6-7,20H,4-5,8-18H2,(H,22,25). The van der Waals surface area contributed by atoms with Crippen LogP contribution < -0.4 is 5.32 Å². The van der Waals surface area contributed by atoms with Crippen LogP contribution in [0.1, 0.15) is 24.8 Å². The Kier molecular flexibility index (Phi) is 8.39. The second-order valence-corrected chi connectivity index (χ2v) is 7.36. The van der Waals surface area contributed by atoms with Crippen molar-refractivity contribution < 1.29 is 14.3 Å². The Hall–Kier alpha value is -1.63. The number of nitrogens with zero attached hydrogens (tertiary/aromatic N) is 2. The Balaban J connectivity index is 1.21. The van der Waals surface area contributed by atoms with Crippen molar-refractivity contribution in [2.24, 2.45) is 0 Å². The summed E-state index contributed by atoms with van der Waals surface area (Å²) in [7, 11) is 0. The summed E-state index contributed by atoms with van der Waals surface area (Å²) < 4.78 is 11.1. The predicted molar refractivity (Wildman–Crippen MR) is 106 cm³/mol. The van der Waals surface area contributed by atoms with Crippen molar-refractivity contribution in [2.45, 2.75) is 31.8 Å². The topological polar surface area (TPSA) is 54.0 Å². The largest absolute Gasteiger partial charge is 0.379 e. The molecule has 2 aliphatic rings. The lowest BCUT2D eigenvalue weighted by atomic mass is 10.1. The van der Waals surface area contributed by atoms with Gasteiger partial charge in [0.05, 0.1) is 12.7 Å². The fraction of sp³-hybridized carbons (Fsp3) is 0.667. The first-order chi connectivity index (χ1) is 13.3. The molecule has 1 unspecified atom stereocenters. The maximum atomic E-state index is 12.3. The van der Waals surface area contributed by atoms with Crippen LogP contribution in [-0.2, 0) is 15.9 Å². The molecule has 1 aromatic carbocycles. The van der Waals surface area contributed by atoms with Crippen LogP contribution >= 0.6 is 0 Å². The van der Waals surface area contributed by atoms with E-state index in [9.17, 15) is 4.79 Å². The molecule has 150 valence electrons. The summed E-state index contributed by atoms with van der Waals surface area (Å²) in [6, 6.07) is 10.6. The van der Waals surface area contributed by atoms with Gasteiger partial charge in [0.25, 0.3) is 0 Å². The molecule has 0 radical (unpaired) electrons. The van der Waals surface area contributed by atoms with Crippen molar-refractivity contribution in [3.8, 4) is 0 Å². The van der Waals surface area contributed by atoms with E-state index in [-0.39, 0.29) is 12.1 Å². The van der Waals surface area contributed by atoms with Gasteiger partial charge in [0.15, 0.2) is 0 Å². The van der Waals surface area contributed by atoms with Gasteiger partial charge in [-0.2, -0.15) is 0 Å². The molecule has 0 spiro atoms. The fourth-order valence-corrected chi connectivity index (χ4v) is 3.58. The van der Waals surface area contributed by atoms with E-state index in [1.807, 2.05) is 4.90 Å². The van der Waals surface area contributed by atoms with Crippen molar-refractivity contribution in [2.75, 3.05) is 59.1 Å². The second-order valence-electron chi connectivity index (χ2n) is 7.36. The zero-order valence-electron chi connectivity index (χ0n) is 16.3. The van der Waals surface area contributed by atoms with Gasteiger partial charge in [0, 0.05) is 52.5 Å². The van der Waals surface area contributed by atoms with Gasteiger partial charge in [0.1, 0.15) is 0 Å². The van der Waals surface area contributed by atoms with E-state index < -0.39 is 0 Å². The first kappa shape index (κ1) is 20.1. The monoisotopic (exact) mass is 375 g/mol. The third-order valence-corrected chi connectivity index (χ3v) is 5.29. The Morgan fingerprint density at radius 2 is 2.00 bits per heavy atom. The zero-order chi connectivity index (χ0) is 18.7. The number of carbonyl (C=O) groups is 1. The fourth-order valence-electron chi connectivity index (χ4n) is 3.58. The first-order valence-corrected chi connectivity index (χ1v) is 10.3. The number of benzene rings is 1. The second kappa shape index (κ2) is 11.3. The molecule has 6 heteroatoms. The molecule has 0 aliphatic carbocycles. The van der Waals surface area contributed by atoms with Crippen LogP contribution in [0.2, 0.25) is 0 Å². The molecular formula is C21H33N3O3. The first-order valence-electron chi connectivity index (χ1n) is 10.3. The number of carbonyl (C=O) groups excluding carboxylic acids is 1. The Morgan fingerprint density at radius 1 is 1.19 bits per heavy atom. The molecule has 2 aliphatic heterocycles. The van der Waals surface area contributed by atoms with Gasteiger partial charge in [-0.3, -0.25) is 4.90 Å². The van der Waals surface area contributed by atoms with Crippen LogP contribution in [0.3, 0.4) is 0 Å². The average molecular weight is 376 g/mol. The summed E-state index contributed by atoms with van der Waals surface area (Å²) >= 11 is 0. The summed E-state index contributed by atoms with van der Waals surface area (Å²) in [6.45, 7) is 7.44. The Bertz CT molecular complexity index is 541. The van der Waals surface area contributed by atoms with Crippen molar-refractivity contribution >= 4 is 6.03 Å². The summed E-state index contributed by atoms with van der Waals surface area (Å²) in [6.07, 6.45) is 4.43. The number of ether oxygens (including phenoxy) is 2. The van der Waals surface area contributed by atoms with Crippen LogP contribution in [0.4, 0.5) is 4.79 Å². The number of hydrogen-bond donors (Lipinski definition) is 1. The summed E-state index contributed by atoms with van der Waals surface area (Å²) in [4.78, 5) is 16.6. The van der Waals surface area contributed by atoms with Gasteiger partial charge in [-0.25, -0.2) is 4.79 Å². The quantitative estimate of drug-likeness (QED) is 0.672. The molecular weight excluding hydrogens is 342 g/mol. The third kappa shape index (κ3) is 7.13. The third-order valence-electron chi connectivity index (χ3n) is 5.29. The van der Waals surface area contributed by atoms with Crippen LogP contribution in [0.15, 0.2) is 30.3 Å². The molecule has 1 N–H and O–H groups in total. The normalized spacial score (nSPS) is 20.7. The van der Waals surface area contributed by atoms with Crippen LogP contribution in [0.25, 0.3) is 0 Å². The summed E-state index contributed by atoms with van der Waals surface area (Å²) in [5, 5.41) is 3.01. The van der Waals surface area contributed by atoms with Crippen molar-refractivity contribution in [3.05, 3.63) is 35.9 Å². The molecule has 0 saturated carbocycles. The van der Waals surface area contributed by atoms with Crippen molar-refractivity contribution in [1.29, 1.82) is 0 Å². The maximum absolute atomic E-state index is 12.3. The lowest BCUT2D eigenvalue weighted by Crippen LogP contribution is -2.52. The predicted octanol–water partition coefficient (Wildman–Crippen LogP) is 2.14. The van der Waals surface area contributed by atoms with E-state index in [4.69, 9.17) is 9.47 Å². The Morgan fingerprint density at radius 3 is 2.74 bits per heavy atom. The van der Waals surface area contributed by atoms with Crippen LogP contribution in [-0.4, -0.2) is 81.0 Å². The molecule has 6 nitrogen and oxygen atoms in total. The van der Waals surface area contributed by atoms with Gasteiger partial charge >= 0.3 is 6.03 Å². The number of hydrogen-bond acceptors (Lipinski definition) is 4. The number of piperazine rings is 1. The highest BCUT2D eigenvalue weighted by molar-refractivity contribution is 5.74. The van der Waals surface area contributed by atoms with E-state index in [0.29, 0.717) is 19.8 Å². The highest BCUT2D eigenvalue weighted by atomic mass is 16.5. The van der Waals surface area contributed by atoms with E-state index in [1.165, 1.54) is 5.56 Å². The molecule has 0 bridgehead atoms. The molecule has 2 heterocycles. The molecule has 2 amide bonds. The van der Waals surface area contributed by atoms with E-state index in [2.05, 4.69) is 40.5 Å². The van der Waals surface area contributed by atoms with Crippen LogP contribution in [0.5, 0.6) is 0 Å². The van der Waals surface area contributed by atoms with Gasteiger partial charge < -0.3 is 19.7 Å². The SMILES string of the molecule is O=C(NCCCOCC1CCCO1)N1CCN(CCc2ccccc2)CC1. The number of urea groups is 1. The molecule has 3 rings (SSSR count). The molecule has 1 atom stereocenters. The molecule has 0 aromatic heterocycles. The van der Waals surface area contributed by atoms with E-state index >= 15 is 0 Å². The number of amides is 2. The Labute approximate surface area is 162 Å². The van der Waals surface area contributed by atoms with Crippen LogP contribution in [0, 0.1) is 0 Å². The lowest BCUT2D eigenvalue weighted by molar-refractivity contribution is 0.0167.